The van der Waals surface area contributed by atoms with E-state index in [1.54, 1.807) is 10.4 Å². The van der Waals surface area contributed by atoms with Crippen LogP contribution in [0.5, 0.6) is 0 Å². The van der Waals surface area contributed by atoms with Gasteiger partial charge in [-0.1, -0.05) is 13.8 Å². The number of sulfonamides is 1. The van der Waals surface area contributed by atoms with Crippen molar-refractivity contribution in [1.82, 2.24) is 9.21 Å². The van der Waals surface area contributed by atoms with Gasteiger partial charge in [0.05, 0.1) is 6.61 Å². The van der Waals surface area contributed by atoms with Crippen molar-refractivity contribution in [3.63, 3.8) is 0 Å². The van der Waals surface area contributed by atoms with Crippen molar-refractivity contribution in [3.8, 4) is 0 Å². The number of thiophene rings is 1. The van der Waals surface area contributed by atoms with Gasteiger partial charge in [0.1, 0.15) is 4.21 Å². The lowest BCUT2D eigenvalue weighted by Gasteiger charge is -2.25. The van der Waals surface area contributed by atoms with Crippen molar-refractivity contribution in [1.29, 1.82) is 0 Å². The van der Waals surface area contributed by atoms with E-state index in [4.69, 9.17) is 0 Å². The summed E-state index contributed by atoms with van der Waals surface area (Å²) in [7, 11) is -3.42. The molecule has 1 aliphatic heterocycles. The molecule has 1 N–H and O–H groups in total. The van der Waals surface area contributed by atoms with Gasteiger partial charge in [0.15, 0.2) is 0 Å². The van der Waals surface area contributed by atoms with E-state index in [1.165, 1.54) is 11.3 Å². The Balaban J connectivity index is 2.17. The van der Waals surface area contributed by atoms with E-state index in [9.17, 15) is 13.5 Å². The molecule has 0 bridgehead atoms. The highest BCUT2D eigenvalue weighted by Gasteiger charge is 2.35. The van der Waals surface area contributed by atoms with Crippen LogP contribution < -0.4 is 0 Å². The van der Waals surface area contributed by atoms with Gasteiger partial charge in [-0.15, -0.1) is 11.3 Å². The number of likely N-dealkylation sites (N-methyl/N-ethyl adjacent to an activating group) is 1. The third kappa shape index (κ3) is 3.32. The minimum absolute atomic E-state index is 0.103. The fraction of sp³-hybridized carbons (Fsp3) is 0.714. The molecule has 5 nitrogen and oxygen atoms in total. The van der Waals surface area contributed by atoms with Crippen LogP contribution in [0.4, 0.5) is 0 Å². The van der Waals surface area contributed by atoms with Crippen LogP contribution in [0.3, 0.4) is 0 Å². The predicted molar refractivity (Wildman–Crippen MR) is 85.1 cm³/mol. The topological polar surface area (TPSA) is 60.9 Å². The second kappa shape index (κ2) is 6.75. The molecule has 0 amide bonds. The SMILES string of the molecule is CCN(CC)C1CCN(S(=O)(=O)c2cc(C)c(CO)s2)C1. The summed E-state index contributed by atoms with van der Waals surface area (Å²) < 4.78 is 27.3. The summed E-state index contributed by atoms with van der Waals surface area (Å²) in [6, 6.07) is 1.99. The maximum Gasteiger partial charge on any atom is 0.252 e. The summed E-state index contributed by atoms with van der Waals surface area (Å²) in [5.41, 5.74) is 0.848. The molecule has 120 valence electrons. The van der Waals surface area contributed by atoms with Crippen molar-refractivity contribution < 1.29 is 13.5 Å². The summed E-state index contributed by atoms with van der Waals surface area (Å²) in [5, 5.41) is 9.24. The minimum atomic E-state index is -3.42. The molecule has 0 aliphatic carbocycles. The van der Waals surface area contributed by atoms with Gasteiger partial charge in [0.2, 0.25) is 0 Å². The van der Waals surface area contributed by atoms with Crippen LogP contribution in [0.2, 0.25) is 0 Å². The second-order valence-corrected chi connectivity index (χ2v) is 8.66. The number of nitrogens with zero attached hydrogens (tertiary/aromatic N) is 2. The molecule has 0 aromatic carbocycles. The number of rotatable bonds is 6. The summed E-state index contributed by atoms with van der Waals surface area (Å²) in [6.45, 7) is 8.99. The van der Waals surface area contributed by atoms with Gasteiger partial charge >= 0.3 is 0 Å². The van der Waals surface area contributed by atoms with Crippen LogP contribution in [-0.2, 0) is 16.6 Å². The molecule has 0 spiro atoms. The van der Waals surface area contributed by atoms with Crippen molar-refractivity contribution in [2.75, 3.05) is 26.2 Å². The third-order valence-corrected chi connectivity index (χ3v) is 7.73. The number of hydrogen-bond donors (Lipinski definition) is 1. The molecule has 21 heavy (non-hydrogen) atoms. The summed E-state index contributed by atoms with van der Waals surface area (Å²) in [5.74, 6) is 0. The molecule has 1 atom stereocenters. The maximum absolute atomic E-state index is 12.7. The molecule has 1 aliphatic rings. The Hall–Kier alpha value is -0.470. The molecule has 7 heteroatoms. The normalized spacial score (nSPS) is 20.5. The van der Waals surface area contributed by atoms with E-state index in [0.29, 0.717) is 23.3 Å². The number of aryl methyl sites for hydroxylation is 1. The number of hydrogen-bond acceptors (Lipinski definition) is 5. The highest BCUT2D eigenvalue weighted by molar-refractivity contribution is 7.91. The van der Waals surface area contributed by atoms with Crippen LogP contribution in [0.1, 0.15) is 30.7 Å². The average molecular weight is 332 g/mol. The highest BCUT2D eigenvalue weighted by atomic mass is 32.2. The molecule has 1 fully saturated rings. The van der Waals surface area contributed by atoms with E-state index in [2.05, 4.69) is 18.7 Å². The minimum Gasteiger partial charge on any atom is -0.391 e. The quantitative estimate of drug-likeness (QED) is 0.860. The molecular formula is C14H24N2O3S2. The highest BCUT2D eigenvalue weighted by Crippen LogP contribution is 2.30. The smallest absolute Gasteiger partial charge is 0.252 e. The largest absolute Gasteiger partial charge is 0.391 e. The van der Waals surface area contributed by atoms with Crippen LogP contribution in [0, 0.1) is 6.92 Å². The lowest BCUT2D eigenvalue weighted by atomic mass is 10.2. The van der Waals surface area contributed by atoms with Crippen LogP contribution in [0.15, 0.2) is 10.3 Å². The second-order valence-electron chi connectivity index (χ2n) is 5.36. The Bertz CT molecular complexity index is 579. The predicted octanol–water partition coefficient (Wildman–Crippen LogP) is 1.65. The van der Waals surface area contributed by atoms with E-state index < -0.39 is 10.0 Å². The van der Waals surface area contributed by atoms with Gasteiger partial charge in [0, 0.05) is 24.0 Å². The number of aliphatic hydroxyl groups is 1. The monoisotopic (exact) mass is 332 g/mol. The van der Waals surface area contributed by atoms with Gasteiger partial charge in [-0.2, -0.15) is 4.31 Å². The zero-order chi connectivity index (χ0) is 15.6. The Labute approximate surface area is 131 Å². The average Bonchev–Trinajstić information content (AvgIpc) is 3.07. The van der Waals surface area contributed by atoms with Gasteiger partial charge < -0.3 is 5.11 Å². The van der Waals surface area contributed by atoms with Crippen LogP contribution in [-0.4, -0.2) is 55.0 Å². The molecule has 0 radical (unpaired) electrons. The van der Waals surface area contributed by atoms with Crippen LogP contribution in [0.25, 0.3) is 0 Å². The first-order valence-electron chi connectivity index (χ1n) is 7.38. The van der Waals surface area contributed by atoms with Gasteiger partial charge in [0.25, 0.3) is 10.0 Å². The van der Waals surface area contributed by atoms with Crippen molar-refractivity contribution >= 4 is 21.4 Å². The molecular weight excluding hydrogens is 308 g/mol. The Kier molecular flexibility index (Phi) is 5.43. The summed E-state index contributed by atoms with van der Waals surface area (Å²) in [4.78, 5) is 3.04. The lowest BCUT2D eigenvalue weighted by Crippen LogP contribution is -2.38. The fourth-order valence-electron chi connectivity index (χ4n) is 2.87. The Morgan fingerprint density at radius 3 is 2.62 bits per heavy atom. The molecule has 1 aromatic rings. The molecule has 1 saturated heterocycles. The fourth-order valence-corrected chi connectivity index (χ4v) is 5.96. The lowest BCUT2D eigenvalue weighted by molar-refractivity contribution is 0.225. The van der Waals surface area contributed by atoms with Gasteiger partial charge in [-0.25, -0.2) is 8.42 Å². The standard InChI is InChI=1S/C14H24N2O3S2/c1-4-15(5-2)12-6-7-16(9-12)21(18,19)14-8-11(3)13(10-17)20-14/h8,12,17H,4-7,9-10H2,1-3H3. The van der Waals surface area contributed by atoms with E-state index in [-0.39, 0.29) is 6.61 Å². The van der Waals surface area contributed by atoms with Gasteiger partial charge in [-0.3, -0.25) is 4.90 Å². The van der Waals surface area contributed by atoms with Gasteiger partial charge in [-0.05, 0) is 38.1 Å². The summed E-state index contributed by atoms with van der Waals surface area (Å²) in [6.07, 6.45) is 0.887. The first-order chi connectivity index (χ1) is 9.93. The van der Waals surface area contributed by atoms with Crippen molar-refractivity contribution in [2.45, 2.75) is 44.0 Å². The van der Waals surface area contributed by atoms with Crippen molar-refractivity contribution in [2.24, 2.45) is 0 Å². The van der Waals surface area contributed by atoms with Crippen molar-refractivity contribution in [3.05, 3.63) is 16.5 Å². The van der Waals surface area contributed by atoms with Crippen LogP contribution >= 0.6 is 11.3 Å². The molecule has 2 rings (SSSR count). The Morgan fingerprint density at radius 1 is 1.43 bits per heavy atom. The zero-order valence-corrected chi connectivity index (χ0v) is 14.5. The number of aliphatic hydroxyl groups excluding tert-OH is 1. The first kappa shape index (κ1) is 16.9. The van der Waals surface area contributed by atoms with E-state index >= 15 is 0 Å². The molecule has 1 unspecified atom stereocenters. The third-order valence-electron chi connectivity index (χ3n) is 4.19. The summed E-state index contributed by atoms with van der Waals surface area (Å²) >= 11 is 1.18. The molecule has 1 aromatic heterocycles. The molecule has 0 saturated carbocycles. The Morgan fingerprint density at radius 2 is 2.10 bits per heavy atom. The first-order valence-corrected chi connectivity index (χ1v) is 9.64. The van der Waals surface area contributed by atoms with E-state index in [0.717, 1.165) is 30.0 Å². The zero-order valence-electron chi connectivity index (χ0n) is 12.9. The maximum atomic E-state index is 12.7. The molecule has 2 heterocycles. The van der Waals surface area contributed by atoms with E-state index in [1.807, 2.05) is 6.92 Å².